The highest BCUT2D eigenvalue weighted by Gasteiger charge is 2.24. The number of nitrogens with one attached hydrogen (secondary N) is 2. The Morgan fingerprint density at radius 1 is 1.23 bits per heavy atom. The van der Waals surface area contributed by atoms with Crippen molar-refractivity contribution in [2.24, 2.45) is 0 Å². The van der Waals surface area contributed by atoms with Crippen LogP contribution < -0.4 is 15.8 Å². The number of hydrogen-bond donors (Lipinski definition) is 2. The number of amides is 1. The number of carbonyl (C=O) groups excluding carboxylic acids is 1. The van der Waals surface area contributed by atoms with Crippen LogP contribution in [0.25, 0.3) is 10.9 Å². The lowest BCUT2D eigenvalue weighted by Crippen LogP contribution is -2.38. The van der Waals surface area contributed by atoms with Crippen molar-refractivity contribution < 1.29 is 4.79 Å². The van der Waals surface area contributed by atoms with Crippen molar-refractivity contribution in [1.29, 1.82) is 0 Å². The van der Waals surface area contributed by atoms with Crippen molar-refractivity contribution in [3.63, 3.8) is 0 Å². The number of anilines is 1. The van der Waals surface area contributed by atoms with Crippen molar-refractivity contribution in [3.8, 4) is 0 Å². The van der Waals surface area contributed by atoms with Crippen LogP contribution in [0.3, 0.4) is 0 Å². The number of benzene rings is 1. The Balaban J connectivity index is 1.40. The summed E-state index contributed by atoms with van der Waals surface area (Å²) < 4.78 is 0. The summed E-state index contributed by atoms with van der Waals surface area (Å²) in [5.74, 6) is 0.800. The van der Waals surface area contributed by atoms with Gasteiger partial charge in [-0.25, -0.2) is 4.98 Å². The Bertz CT molecular complexity index is 984. The van der Waals surface area contributed by atoms with Gasteiger partial charge in [-0.05, 0) is 36.1 Å². The lowest BCUT2D eigenvalue weighted by molar-refractivity contribution is -0.121. The van der Waals surface area contributed by atoms with Gasteiger partial charge in [-0.3, -0.25) is 9.59 Å². The molecule has 0 spiro atoms. The number of rotatable bonds is 4. The predicted octanol–water partition coefficient (Wildman–Crippen LogP) is 1.86. The Hall–Kier alpha value is -3.15. The van der Waals surface area contributed by atoms with Crippen molar-refractivity contribution in [1.82, 2.24) is 15.3 Å². The molecule has 1 fully saturated rings. The molecule has 3 heterocycles. The van der Waals surface area contributed by atoms with Crippen LogP contribution in [0, 0.1) is 0 Å². The van der Waals surface area contributed by atoms with E-state index in [9.17, 15) is 9.59 Å². The second-order valence-electron chi connectivity index (χ2n) is 6.57. The zero-order valence-corrected chi connectivity index (χ0v) is 14.3. The van der Waals surface area contributed by atoms with Gasteiger partial charge in [0, 0.05) is 36.4 Å². The number of H-pyrrole nitrogens is 1. The van der Waals surface area contributed by atoms with E-state index in [1.807, 2.05) is 42.5 Å². The summed E-state index contributed by atoms with van der Waals surface area (Å²) in [5.41, 5.74) is 1.06. The molecular weight excluding hydrogens is 328 g/mol. The van der Waals surface area contributed by atoms with Crippen LogP contribution in [0.15, 0.2) is 59.5 Å². The third kappa shape index (κ3) is 3.44. The highest BCUT2D eigenvalue weighted by atomic mass is 16.2. The van der Waals surface area contributed by atoms with Gasteiger partial charge < -0.3 is 15.2 Å². The molecule has 1 aliphatic rings. The molecule has 3 aromatic rings. The molecule has 1 unspecified atom stereocenters. The third-order valence-electron chi connectivity index (χ3n) is 4.71. The number of carbonyl (C=O) groups is 1. The van der Waals surface area contributed by atoms with E-state index in [1.165, 1.54) is 0 Å². The van der Waals surface area contributed by atoms with E-state index >= 15 is 0 Å². The Labute approximate surface area is 150 Å². The van der Waals surface area contributed by atoms with Crippen LogP contribution in [0.5, 0.6) is 0 Å². The molecule has 1 aliphatic heterocycles. The second kappa shape index (κ2) is 7.00. The van der Waals surface area contributed by atoms with Gasteiger partial charge in [0.1, 0.15) is 5.82 Å². The Morgan fingerprint density at radius 2 is 2.08 bits per heavy atom. The zero-order chi connectivity index (χ0) is 17.9. The molecule has 2 aromatic heterocycles. The van der Waals surface area contributed by atoms with Crippen LogP contribution in [-0.4, -0.2) is 35.0 Å². The second-order valence-corrected chi connectivity index (χ2v) is 6.57. The fourth-order valence-electron chi connectivity index (χ4n) is 3.40. The summed E-state index contributed by atoms with van der Waals surface area (Å²) in [6.45, 7) is 1.59. The zero-order valence-electron chi connectivity index (χ0n) is 14.3. The normalized spacial score (nSPS) is 16.8. The maximum absolute atomic E-state index is 12.4. The van der Waals surface area contributed by atoms with Crippen LogP contribution >= 0.6 is 0 Å². The first-order valence-corrected chi connectivity index (χ1v) is 8.75. The number of aromatic nitrogens is 2. The number of pyridine rings is 2. The topological polar surface area (TPSA) is 78.1 Å². The molecule has 4 rings (SSSR count). The number of fused-ring (bicyclic) bond motifs is 1. The van der Waals surface area contributed by atoms with Crippen molar-refractivity contribution >= 4 is 22.6 Å². The molecule has 0 radical (unpaired) electrons. The first-order valence-electron chi connectivity index (χ1n) is 8.75. The fraction of sp³-hybridized carbons (Fsp3) is 0.250. The lowest BCUT2D eigenvalue weighted by atomic mass is 10.1. The molecule has 1 saturated heterocycles. The molecule has 6 heteroatoms. The molecular formula is C20H20N4O2. The average molecular weight is 348 g/mol. The minimum atomic E-state index is -0.208. The number of para-hydroxylation sites is 1. The van der Waals surface area contributed by atoms with Crippen LogP contribution in [0.2, 0.25) is 0 Å². The first kappa shape index (κ1) is 16.3. The van der Waals surface area contributed by atoms with Gasteiger partial charge in [0.25, 0.3) is 5.56 Å². The number of hydrogen-bond acceptors (Lipinski definition) is 4. The summed E-state index contributed by atoms with van der Waals surface area (Å²) in [6, 6.07) is 15.2. The largest absolute Gasteiger partial charge is 0.354 e. The maximum Gasteiger partial charge on any atom is 0.252 e. The molecule has 1 amide bonds. The molecule has 132 valence electrons. The third-order valence-corrected chi connectivity index (χ3v) is 4.71. The van der Waals surface area contributed by atoms with Crippen molar-refractivity contribution in [2.75, 3.05) is 18.0 Å². The Kier molecular flexibility index (Phi) is 4.39. The molecule has 1 aromatic carbocycles. The summed E-state index contributed by atoms with van der Waals surface area (Å²) >= 11 is 0. The summed E-state index contributed by atoms with van der Waals surface area (Å²) in [6.07, 6.45) is 2.73. The van der Waals surface area contributed by atoms with E-state index in [2.05, 4.69) is 20.2 Å². The van der Waals surface area contributed by atoms with E-state index in [0.29, 0.717) is 5.56 Å². The van der Waals surface area contributed by atoms with E-state index in [1.54, 1.807) is 12.3 Å². The lowest BCUT2D eigenvalue weighted by Gasteiger charge is -2.17. The van der Waals surface area contributed by atoms with E-state index in [0.717, 1.165) is 36.2 Å². The maximum atomic E-state index is 12.4. The SMILES string of the molecule is O=C(Cc1cc2ccccc2[nH]c1=O)NC1CCN(c2ccccn2)C1. The highest BCUT2D eigenvalue weighted by molar-refractivity contribution is 5.82. The number of aromatic amines is 1. The standard InChI is InChI=1S/C20H20N4O2/c25-19(12-15-11-14-5-1-2-6-17(14)23-20(15)26)22-16-8-10-24(13-16)18-7-3-4-9-21-18/h1-7,9,11,16H,8,10,12-13H2,(H,22,25)(H,23,26). The molecule has 0 bridgehead atoms. The van der Waals surface area contributed by atoms with Gasteiger partial charge in [-0.1, -0.05) is 24.3 Å². The molecule has 6 nitrogen and oxygen atoms in total. The molecule has 0 aliphatic carbocycles. The smallest absolute Gasteiger partial charge is 0.252 e. The van der Waals surface area contributed by atoms with Gasteiger partial charge in [0.15, 0.2) is 0 Å². The first-order chi connectivity index (χ1) is 12.7. The Morgan fingerprint density at radius 3 is 2.92 bits per heavy atom. The van der Waals surface area contributed by atoms with Gasteiger partial charge >= 0.3 is 0 Å². The molecule has 1 atom stereocenters. The van der Waals surface area contributed by atoms with Crippen molar-refractivity contribution in [3.05, 3.63) is 70.6 Å². The quantitative estimate of drug-likeness (QED) is 0.754. The van der Waals surface area contributed by atoms with Crippen LogP contribution in [0.4, 0.5) is 5.82 Å². The average Bonchev–Trinajstić information content (AvgIpc) is 3.11. The summed E-state index contributed by atoms with van der Waals surface area (Å²) in [4.78, 5) is 33.9. The molecule has 2 N–H and O–H groups in total. The van der Waals surface area contributed by atoms with E-state index < -0.39 is 0 Å². The molecule has 26 heavy (non-hydrogen) atoms. The summed E-state index contributed by atoms with van der Waals surface area (Å²) in [5, 5.41) is 3.97. The van der Waals surface area contributed by atoms with Crippen LogP contribution in [0.1, 0.15) is 12.0 Å². The van der Waals surface area contributed by atoms with Gasteiger partial charge in [0.05, 0.1) is 6.42 Å². The molecule has 0 saturated carbocycles. The van der Waals surface area contributed by atoms with E-state index in [4.69, 9.17) is 0 Å². The van der Waals surface area contributed by atoms with Gasteiger partial charge in [-0.15, -0.1) is 0 Å². The highest BCUT2D eigenvalue weighted by Crippen LogP contribution is 2.17. The number of nitrogens with zero attached hydrogens (tertiary/aromatic N) is 2. The van der Waals surface area contributed by atoms with Crippen molar-refractivity contribution in [2.45, 2.75) is 18.9 Å². The predicted molar refractivity (Wildman–Crippen MR) is 101 cm³/mol. The monoisotopic (exact) mass is 348 g/mol. The summed E-state index contributed by atoms with van der Waals surface area (Å²) in [7, 11) is 0. The fourth-order valence-corrected chi connectivity index (χ4v) is 3.40. The minimum Gasteiger partial charge on any atom is -0.354 e. The van der Waals surface area contributed by atoms with E-state index in [-0.39, 0.29) is 23.9 Å². The minimum absolute atomic E-state index is 0.0732. The van der Waals surface area contributed by atoms with Gasteiger partial charge in [0.2, 0.25) is 5.91 Å². The van der Waals surface area contributed by atoms with Gasteiger partial charge in [-0.2, -0.15) is 0 Å². The van der Waals surface area contributed by atoms with Crippen LogP contribution in [-0.2, 0) is 11.2 Å².